The third-order valence-electron chi connectivity index (χ3n) is 3.22. The van der Waals surface area contributed by atoms with Crippen LogP contribution in [-0.4, -0.2) is 26.5 Å². The highest BCUT2D eigenvalue weighted by Gasteiger charge is 2.22. The van der Waals surface area contributed by atoms with Gasteiger partial charge in [-0.1, -0.05) is 12.5 Å². The van der Waals surface area contributed by atoms with Crippen LogP contribution >= 0.6 is 0 Å². The number of rotatable bonds is 3. The summed E-state index contributed by atoms with van der Waals surface area (Å²) in [6.07, 6.45) is 3.21. The molecule has 0 amide bonds. The Morgan fingerprint density at radius 3 is 2.56 bits per heavy atom. The smallest absolute Gasteiger partial charge is 0.253 e. The molecule has 0 saturated carbocycles. The first-order valence-corrected chi connectivity index (χ1v) is 7.61. The Balaban J connectivity index is 2.22. The van der Waals surface area contributed by atoms with E-state index >= 15 is 0 Å². The molecule has 0 aliphatic carbocycles. The summed E-state index contributed by atoms with van der Waals surface area (Å²) in [5.74, 6) is 0. The van der Waals surface area contributed by atoms with Gasteiger partial charge in [0.25, 0.3) is 10.0 Å². The van der Waals surface area contributed by atoms with Crippen LogP contribution in [0.5, 0.6) is 0 Å². The quantitative estimate of drug-likeness (QED) is 0.810. The summed E-state index contributed by atoms with van der Waals surface area (Å²) < 4.78 is 24.5. The monoisotopic (exact) mass is 269 g/mol. The lowest BCUT2D eigenvalue weighted by atomic mass is 10.2. The van der Waals surface area contributed by atoms with Gasteiger partial charge >= 0.3 is 0 Å². The molecule has 1 heterocycles. The Morgan fingerprint density at radius 2 is 1.89 bits per heavy atom. The topological polar surface area (TPSA) is 75.4 Å². The van der Waals surface area contributed by atoms with Crippen molar-refractivity contribution in [3.05, 3.63) is 23.8 Å². The molecule has 0 atom stereocenters. The molecule has 100 valence electrons. The molecular weight excluding hydrogens is 250 g/mol. The van der Waals surface area contributed by atoms with Gasteiger partial charge in [0, 0.05) is 18.8 Å². The van der Waals surface area contributed by atoms with Crippen LogP contribution in [0.3, 0.4) is 0 Å². The van der Waals surface area contributed by atoms with Crippen molar-refractivity contribution in [1.82, 2.24) is 9.84 Å². The zero-order chi connectivity index (χ0) is 13.2. The molecule has 1 aromatic carbocycles. The number of nitrogens with two attached hydrogens (primary N) is 1. The molecular formula is C12H19N3O2S. The van der Waals surface area contributed by atoms with Crippen molar-refractivity contribution in [2.24, 2.45) is 0 Å². The van der Waals surface area contributed by atoms with Gasteiger partial charge in [-0.05, 0) is 37.5 Å². The van der Waals surface area contributed by atoms with Gasteiger partial charge in [0.15, 0.2) is 0 Å². The minimum Gasteiger partial charge on any atom is -0.398 e. The molecule has 1 fully saturated rings. The van der Waals surface area contributed by atoms with Crippen molar-refractivity contribution in [2.45, 2.75) is 31.1 Å². The number of anilines is 1. The number of nitrogens with zero attached hydrogens (tertiary/aromatic N) is 1. The van der Waals surface area contributed by atoms with Gasteiger partial charge in [-0.15, -0.1) is 4.83 Å². The number of benzene rings is 1. The van der Waals surface area contributed by atoms with E-state index in [1.807, 2.05) is 0 Å². The molecule has 0 radical (unpaired) electrons. The van der Waals surface area contributed by atoms with Crippen LogP contribution in [0, 0.1) is 6.92 Å². The predicted octanol–water partition coefficient (Wildman–Crippen LogP) is 1.26. The average molecular weight is 269 g/mol. The van der Waals surface area contributed by atoms with Crippen LogP contribution in [0.15, 0.2) is 23.1 Å². The largest absolute Gasteiger partial charge is 0.398 e. The maximum absolute atomic E-state index is 12.3. The highest BCUT2D eigenvalue weighted by molar-refractivity contribution is 7.89. The van der Waals surface area contributed by atoms with Crippen molar-refractivity contribution in [3.63, 3.8) is 0 Å². The minimum absolute atomic E-state index is 0.257. The van der Waals surface area contributed by atoms with Gasteiger partial charge in [-0.3, -0.25) is 0 Å². The lowest BCUT2D eigenvalue weighted by Gasteiger charge is -2.26. The molecule has 2 rings (SSSR count). The van der Waals surface area contributed by atoms with E-state index < -0.39 is 10.0 Å². The molecule has 0 spiro atoms. The summed E-state index contributed by atoms with van der Waals surface area (Å²) in [7, 11) is -3.52. The Hall–Kier alpha value is -1.11. The van der Waals surface area contributed by atoms with Crippen molar-refractivity contribution >= 4 is 15.7 Å². The van der Waals surface area contributed by atoms with Crippen LogP contribution in [-0.2, 0) is 10.0 Å². The van der Waals surface area contributed by atoms with Gasteiger partial charge in [0.05, 0.1) is 4.90 Å². The maximum Gasteiger partial charge on any atom is 0.253 e. The number of hydrogen-bond acceptors (Lipinski definition) is 4. The van der Waals surface area contributed by atoms with E-state index in [9.17, 15) is 8.42 Å². The summed E-state index contributed by atoms with van der Waals surface area (Å²) in [4.78, 5) is 2.89. The number of hydrogen-bond donors (Lipinski definition) is 2. The van der Waals surface area contributed by atoms with Crippen molar-refractivity contribution in [1.29, 1.82) is 0 Å². The third kappa shape index (κ3) is 2.82. The van der Waals surface area contributed by atoms with Crippen LogP contribution in [0.25, 0.3) is 0 Å². The van der Waals surface area contributed by atoms with E-state index in [1.165, 1.54) is 0 Å². The molecule has 1 aliphatic heterocycles. The average Bonchev–Trinajstić information content (AvgIpc) is 2.33. The Bertz CT molecular complexity index is 522. The SMILES string of the molecule is Cc1c(N)cccc1S(=O)(=O)NN1CCCCC1. The first kappa shape index (κ1) is 13.3. The van der Waals surface area contributed by atoms with E-state index in [2.05, 4.69) is 4.83 Å². The molecule has 5 nitrogen and oxygen atoms in total. The molecule has 1 aliphatic rings. The van der Waals surface area contributed by atoms with E-state index in [4.69, 9.17) is 5.73 Å². The second-order valence-corrected chi connectivity index (χ2v) is 6.24. The number of nitrogen functional groups attached to an aromatic ring is 1. The minimum atomic E-state index is -3.52. The molecule has 0 unspecified atom stereocenters. The van der Waals surface area contributed by atoms with E-state index in [1.54, 1.807) is 30.1 Å². The predicted molar refractivity (Wildman–Crippen MR) is 71.3 cm³/mol. The summed E-state index contributed by atoms with van der Waals surface area (Å²) >= 11 is 0. The fourth-order valence-electron chi connectivity index (χ4n) is 2.13. The number of piperidine rings is 1. The second-order valence-electron chi connectivity index (χ2n) is 4.61. The lowest BCUT2D eigenvalue weighted by molar-refractivity contribution is 0.200. The normalized spacial score (nSPS) is 17.8. The van der Waals surface area contributed by atoms with Gasteiger partial charge in [0.1, 0.15) is 0 Å². The fourth-order valence-corrected chi connectivity index (χ4v) is 3.53. The Kier molecular flexibility index (Phi) is 3.89. The number of sulfonamides is 1. The maximum atomic E-state index is 12.3. The van der Waals surface area contributed by atoms with Crippen LogP contribution < -0.4 is 10.6 Å². The zero-order valence-corrected chi connectivity index (χ0v) is 11.3. The molecule has 0 aromatic heterocycles. The molecule has 18 heavy (non-hydrogen) atoms. The van der Waals surface area contributed by atoms with Crippen LogP contribution in [0.4, 0.5) is 5.69 Å². The summed E-state index contributed by atoms with van der Waals surface area (Å²) in [5, 5.41) is 1.77. The molecule has 1 aromatic rings. The lowest BCUT2D eigenvalue weighted by Crippen LogP contribution is -2.45. The fraction of sp³-hybridized carbons (Fsp3) is 0.500. The number of hydrazine groups is 1. The Labute approximate surface area is 108 Å². The van der Waals surface area contributed by atoms with E-state index in [0.717, 1.165) is 32.4 Å². The highest BCUT2D eigenvalue weighted by Crippen LogP contribution is 2.20. The molecule has 6 heteroatoms. The van der Waals surface area contributed by atoms with Gasteiger partial charge in [-0.2, -0.15) is 0 Å². The Morgan fingerprint density at radius 1 is 1.22 bits per heavy atom. The van der Waals surface area contributed by atoms with Crippen molar-refractivity contribution in [2.75, 3.05) is 18.8 Å². The van der Waals surface area contributed by atoms with E-state index in [-0.39, 0.29) is 4.90 Å². The van der Waals surface area contributed by atoms with Crippen LogP contribution in [0.1, 0.15) is 24.8 Å². The first-order valence-electron chi connectivity index (χ1n) is 6.13. The highest BCUT2D eigenvalue weighted by atomic mass is 32.2. The first-order chi connectivity index (χ1) is 8.50. The summed E-state index contributed by atoms with van der Waals surface area (Å²) in [6, 6.07) is 4.94. The number of nitrogens with one attached hydrogen (secondary N) is 1. The molecule has 0 bridgehead atoms. The standard InChI is InChI=1S/C12H19N3O2S/c1-10-11(13)6-5-7-12(10)18(16,17)14-15-8-3-2-4-9-15/h5-7,14H,2-4,8-9,13H2,1H3. The summed E-state index contributed by atoms with van der Waals surface area (Å²) in [5.41, 5.74) is 6.84. The van der Waals surface area contributed by atoms with Crippen molar-refractivity contribution in [3.8, 4) is 0 Å². The van der Waals surface area contributed by atoms with Crippen molar-refractivity contribution < 1.29 is 8.42 Å². The van der Waals surface area contributed by atoms with Gasteiger partial charge in [0.2, 0.25) is 0 Å². The van der Waals surface area contributed by atoms with Gasteiger partial charge < -0.3 is 5.73 Å². The zero-order valence-electron chi connectivity index (χ0n) is 10.5. The van der Waals surface area contributed by atoms with E-state index in [0.29, 0.717) is 11.3 Å². The van der Waals surface area contributed by atoms with Gasteiger partial charge in [-0.25, -0.2) is 13.4 Å². The third-order valence-corrected chi connectivity index (χ3v) is 4.74. The molecule has 1 saturated heterocycles. The van der Waals surface area contributed by atoms with Crippen LogP contribution in [0.2, 0.25) is 0 Å². The summed E-state index contributed by atoms with van der Waals surface area (Å²) in [6.45, 7) is 3.25. The molecule has 3 N–H and O–H groups in total. The second kappa shape index (κ2) is 5.26.